The molecule has 0 saturated heterocycles. The molecule has 0 fully saturated rings. The van der Waals surface area contributed by atoms with Crippen LogP contribution in [-0.4, -0.2) is 31.0 Å². The Morgan fingerprint density at radius 2 is 2.00 bits per heavy atom. The minimum Gasteiger partial charge on any atom is -0.490 e. The number of nitrogens with two attached hydrogens (primary N) is 1. The lowest BCUT2D eigenvalue weighted by atomic mass is 10.1. The van der Waals surface area contributed by atoms with Crippen molar-refractivity contribution >= 4 is 0 Å². The quantitative estimate of drug-likeness (QED) is 0.674. The van der Waals surface area contributed by atoms with Gasteiger partial charge in [-0.15, -0.1) is 0 Å². The van der Waals surface area contributed by atoms with E-state index in [1.807, 2.05) is 31.2 Å². The van der Waals surface area contributed by atoms with Crippen molar-refractivity contribution in [3.8, 4) is 5.75 Å². The van der Waals surface area contributed by atoms with E-state index in [0.717, 1.165) is 24.2 Å². The predicted molar refractivity (Wildman–Crippen MR) is 76.3 cm³/mol. The van der Waals surface area contributed by atoms with E-state index >= 15 is 0 Å². The van der Waals surface area contributed by atoms with Gasteiger partial charge in [0, 0.05) is 18.2 Å². The SMILES string of the molecule is CCCCOCC(O)COc1ccccc1[C@H](C)N. The molecule has 4 heteroatoms. The normalized spacial score (nSPS) is 14.1. The zero-order valence-electron chi connectivity index (χ0n) is 11.8. The van der Waals surface area contributed by atoms with E-state index < -0.39 is 6.10 Å². The van der Waals surface area contributed by atoms with Crippen molar-refractivity contribution in [3.05, 3.63) is 29.8 Å². The van der Waals surface area contributed by atoms with Crippen molar-refractivity contribution in [2.24, 2.45) is 5.73 Å². The lowest BCUT2D eigenvalue weighted by Crippen LogP contribution is -2.24. The largest absolute Gasteiger partial charge is 0.490 e. The topological polar surface area (TPSA) is 64.7 Å². The molecule has 0 radical (unpaired) electrons. The number of para-hydroxylation sites is 1. The van der Waals surface area contributed by atoms with Crippen molar-refractivity contribution < 1.29 is 14.6 Å². The van der Waals surface area contributed by atoms with Gasteiger partial charge in [0.05, 0.1) is 6.61 Å². The molecule has 3 N–H and O–H groups in total. The standard InChI is InChI=1S/C15H25NO3/c1-3-4-9-18-10-13(17)11-19-15-8-6-5-7-14(15)12(2)16/h5-8,12-13,17H,3-4,9-11,16H2,1-2H3/t12-,13?/m0/s1. The number of hydrogen-bond acceptors (Lipinski definition) is 4. The van der Waals surface area contributed by atoms with Crippen LogP contribution in [0, 0.1) is 0 Å². The summed E-state index contributed by atoms with van der Waals surface area (Å²) in [5.41, 5.74) is 6.81. The minimum absolute atomic E-state index is 0.0888. The van der Waals surface area contributed by atoms with Gasteiger partial charge in [-0.3, -0.25) is 0 Å². The summed E-state index contributed by atoms with van der Waals surface area (Å²) in [5.74, 6) is 0.727. The van der Waals surface area contributed by atoms with E-state index in [0.29, 0.717) is 13.2 Å². The number of hydrogen-bond donors (Lipinski definition) is 2. The van der Waals surface area contributed by atoms with Crippen LogP contribution >= 0.6 is 0 Å². The summed E-state index contributed by atoms with van der Waals surface area (Å²) in [6.07, 6.45) is 1.49. The fourth-order valence-electron chi connectivity index (χ4n) is 1.69. The van der Waals surface area contributed by atoms with Crippen LogP contribution in [0.25, 0.3) is 0 Å². The van der Waals surface area contributed by atoms with Crippen molar-refractivity contribution in [1.82, 2.24) is 0 Å². The van der Waals surface area contributed by atoms with Crippen LogP contribution in [0.4, 0.5) is 0 Å². The van der Waals surface area contributed by atoms with Gasteiger partial charge in [0.25, 0.3) is 0 Å². The highest BCUT2D eigenvalue weighted by atomic mass is 16.5. The van der Waals surface area contributed by atoms with Gasteiger partial charge < -0.3 is 20.3 Å². The molecule has 4 nitrogen and oxygen atoms in total. The van der Waals surface area contributed by atoms with Gasteiger partial charge in [-0.05, 0) is 19.4 Å². The molecule has 0 saturated carbocycles. The maximum atomic E-state index is 9.76. The summed E-state index contributed by atoms with van der Waals surface area (Å²) in [6.45, 7) is 5.22. The van der Waals surface area contributed by atoms with Gasteiger partial charge in [-0.2, -0.15) is 0 Å². The molecule has 0 aliphatic carbocycles. The van der Waals surface area contributed by atoms with Gasteiger partial charge in [0.2, 0.25) is 0 Å². The van der Waals surface area contributed by atoms with Gasteiger partial charge in [-0.1, -0.05) is 31.5 Å². The molecule has 19 heavy (non-hydrogen) atoms. The fraction of sp³-hybridized carbons (Fsp3) is 0.600. The van der Waals surface area contributed by atoms with Crippen LogP contribution in [0.5, 0.6) is 5.75 Å². The first-order valence-electron chi connectivity index (χ1n) is 6.88. The minimum atomic E-state index is -0.613. The monoisotopic (exact) mass is 267 g/mol. The molecule has 0 aliphatic rings. The molecule has 0 heterocycles. The van der Waals surface area contributed by atoms with Crippen LogP contribution in [0.3, 0.4) is 0 Å². The Morgan fingerprint density at radius 1 is 1.26 bits per heavy atom. The van der Waals surface area contributed by atoms with Crippen LogP contribution in [0.2, 0.25) is 0 Å². The zero-order chi connectivity index (χ0) is 14.1. The number of ether oxygens (including phenoxy) is 2. The first-order chi connectivity index (χ1) is 9.15. The molecule has 2 atom stereocenters. The zero-order valence-corrected chi connectivity index (χ0v) is 11.8. The molecule has 1 aromatic rings. The molecule has 0 spiro atoms. The summed E-state index contributed by atoms with van der Waals surface area (Å²) in [6, 6.07) is 7.53. The Kier molecular flexibility index (Phi) is 7.48. The van der Waals surface area contributed by atoms with E-state index in [2.05, 4.69) is 6.92 Å². The number of rotatable bonds is 9. The molecular formula is C15H25NO3. The first kappa shape index (κ1) is 16.0. The third-order valence-corrected chi connectivity index (χ3v) is 2.79. The summed E-state index contributed by atoms with van der Waals surface area (Å²) in [5, 5.41) is 9.76. The number of unbranched alkanes of at least 4 members (excludes halogenated alkanes) is 1. The van der Waals surface area contributed by atoms with Crippen molar-refractivity contribution in [1.29, 1.82) is 0 Å². The lowest BCUT2D eigenvalue weighted by Gasteiger charge is -2.16. The van der Waals surface area contributed by atoms with Crippen molar-refractivity contribution in [2.45, 2.75) is 38.8 Å². The average Bonchev–Trinajstić information content (AvgIpc) is 2.41. The molecule has 0 bridgehead atoms. The van der Waals surface area contributed by atoms with Crippen molar-refractivity contribution in [3.63, 3.8) is 0 Å². The Bertz CT molecular complexity index is 355. The van der Waals surface area contributed by atoms with Crippen LogP contribution < -0.4 is 10.5 Å². The highest BCUT2D eigenvalue weighted by Gasteiger charge is 2.10. The second-order valence-electron chi connectivity index (χ2n) is 4.72. The van der Waals surface area contributed by atoms with Gasteiger partial charge >= 0.3 is 0 Å². The van der Waals surface area contributed by atoms with E-state index in [-0.39, 0.29) is 12.6 Å². The van der Waals surface area contributed by atoms with E-state index in [9.17, 15) is 5.11 Å². The molecule has 0 aliphatic heterocycles. The van der Waals surface area contributed by atoms with Gasteiger partial charge in [-0.25, -0.2) is 0 Å². The molecule has 108 valence electrons. The predicted octanol–water partition coefficient (Wildman–Crippen LogP) is 2.26. The van der Waals surface area contributed by atoms with Gasteiger partial charge in [0.1, 0.15) is 18.5 Å². The number of aliphatic hydroxyl groups excluding tert-OH is 1. The summed E-state index contributed by atoms with van der Waals surface area (Å²) in [7, 11) is 0. The van der Waals surface area contributed by atoms with Crippen LogP contribution in [0.1, 0.15) is 38.3 Å². The Labute approximate surface area is 115 Å². The third kappa shape index (κ3) is 6.05. The first-order valence-corrected chi connectivity index (χ1v) is 6.88. The summed E-state index contributed by atoms with van der Waals surface area (Å²) in [4.78, 5) is 0. The van der Waals surface area contributed by atoms with Crippen molar-refractivity contribution in [2.75, 3.05) is 19.8 Å². The van der Waals surface area contributed by atoms with Gasteiger partial charge in [0.15, 0.2) is 0 Å². The Balaban J connectivity index is 2.35. The number of aliphatic hydroxyl groups is 1. The average molecular weight is 267 g/mol. The Hall–Kier alpha value is -1.10. The summed E-state index contributed by atoms with van der Waals surface area (Å²) >= 11 is 0. The lowest BCUT2D eigenvalue weighted by molar-refractivity contribution is 0.0111. The highest BCUT2D eigenvalue weighted by molar-refractivity contribution is 5.35. The van der Waals surface area contributed by atoms with E-state index in [4.69, 9.17) is 15.2 Å². The number of benzene rings is 1. The van der Waals surface area contributed by atoms with E-state index in [1.54, 1.807) is 0 Å². The smallest absolute Gasteiger partial charge is 0.124 e. The molecule has 1 rings (SSSR count). The molecule has 0 amide bonds. The third-order valence-electron chi connectivity index (χ3n) is 2.79. The second kappa shape index (κ2) is 8.91. The Morgan fingerprint density at radius 3 is 2.68 bits per heavy atom. The second-order valence-corrected chi connectivity index (χ2v) is 4.72. The summed E-state index contributed by atoms with van der Waals surface area (Å²) < 4.78 is 11.0. The fourth-order valence-corrected chi connectivity index (χ4v) is 1.69. The van der Waals surface area contributed by atoms with Crippen LogP contribution in [-0.2, 0) is 4.74 Å². The molecule has 0 aromatic heterocycles. The molecular weight excluding hydrogens is 242 g/mol. The molecule has 1 aromatic carbocycles. The highest BCUT2D eigenvalue weighted by Crippen LogP contribution is 2.23. The molecule has 1 unspecified atom stereocenters. The maximum absolute atomic E-state index is 9.76. The maximum Gasteiger partial charge on any atom is 0.124 e. The van der Waals surface area contributed by atoms with Crippen LogP contribution in [0.15, 0.2) is 24.3 Å². The van der Waals surface area contributed by atoms with E-state index in [1.165, 1.54) is 0 Å².